The van der Waals surface area contributed by atoms with E-state index >= 15 is 0 Å². The fraction of sp³-hybridized carbons (Fsp3) is 0.444. The summed E-state index contributed by atoms with van der Waals surface area (Å²) in [6.07, 6.45) is 2.79. The van der Waals surface area contributed by atoms with Crippen molar-refractivity contribution in [3.63, 3.8) is 0 Å². The van der Waals surface area contributed by atoms with E-state index in [2.05, 4.69) is 27.8 Å². The minimum atomic E-state index is 0.749. The van der Waals surface area contributed by atoms with Crippen LogP contribution in [0, 0.1) is 6.92 Å². The lowest BCUT2D eigenvalue weighted by atomic mass is 10.3. The second-order valence-corrected chi connectivity index (χ2v) is 3.50. The van der Waals surface area contributed by atoms with Crippen LogP contribution in [0.1, 0.15) is 19.0 Å². The fourth-order valence-corrected chi connectivity index (χ4v) is 1.16. The zero-order valence-electron chi connectivity index (χ0n) is 7.30. The Hall–Kier alpha value is -0.570. The molecule has 0 amide bonds. The monoisotopic (exact) mass is 229 g/mol. The van der Waals surface area contributed by atoms with Crippen molar-refractivity contribution in [3.05, 3.63) is 22.4 Å². The molecule has 3 heteroatoms. The summed E-state index contributed by atoms with van der Waals surface area (Å²) in [5, 5.41) is 0. The molecule has 0 aliphatic carbocycles. The summed E-state index contributed by atoms with van der Waals surface area (Å²) < 4.78 is 6.43. The van der Waals surface area contributed by atoms with Crippen LogP contribution in [-0.4, -0.2) is 11.6 Å². The van der Waals surface area contributed by atoms with E-state index in [1.165, 1.54) is 0 Å². The third kappa shape index (κ3) is 2.48. The smallest absolute Gasteiger partial charge is 0.141 e. The molecule has 0 radical (unpaired) electrons. The summed E-state index contributed by atoms with van der Waals surface area (Å²) in [6.45, 7) is 4.77. The van der Waals surface area contributed by atoms with Crippen LogP contribution in [0.25, 0.3) is 0 Å². The highest BCUT2D eigenvalue weighted by molar-refractivity contribution is 9.10. The largest absolute Gasteiger partial charge is 0.492 e. The molecule has 0 bridgehead atoms. The molecule has 0 unspecified atom stereocenters. The van der Waals surface area contributed by atoms with Crippen molar-refractivity contribution < 1.29 is 4.74 Å². The average Bonchev–Trinajstić information content (AvgIpc) is 2.07. The minimum Gasteiger partial charge on any atom is -0.492 e. The van der Waals surface area contributed by atoms with E-state index < -0.39 is 0 Å². The maximum Gasteiger partial charge on any atom is 0.141 e. The Morgan fingerprint density at radius 3 is 3.00 bits per heavy atom. The Labute approximate surface area is 81.1 Å². The topological polar surface area (TPSA) is 22.1 Å². The van der Waals surface area contributed by atoms with E-state index in [4.69, 9.17) is 4.74 Å². The van der Waals surface area contributed by atoms with Gasteiger partial charge in [0.15, 0.2) is 0 Å². The van der Waals surface area contributed by atoms with Gasteiger partial charge in [-0.1, -0.05) is 6.92 Å². The summed E-state index contributed by atoms with van der Waals surface area (Å²) >= 11 is 3.35. The Morgan fingerprint density at radius 1 is 1.58 bits per heavy atom. The highest BCUT2D eigenvalue weighted by Gasteiger charge is 2.00. The van der Waals surface area contributed by atoms with Crippen LogP contribution in [0.5, 0.6) is 5.75 Å². The third-order valence-electron chi connectivity index (χ3n) is 1.47. The summed E-state index contributed by atoms with van der Waals surface area (Å²) in [5.74, 6) is 0.867. The average molecular weight is 230 g/mol. The van der Waals surface area contributed by atoms with Gasteiger partial charge in [-0.15, -0.1) is 0 Å². The van der Waals surface area contributed by atoms with Crippen molar-refractivity contribution in [2.75, 3.05) is 6.61 Å². The molecule has 0 spiro atoms. The standard InChI is InChI=1S/C9H12BrNO/c1-3-4-12-9-5-8(10)6-11-7(9)2/h5-6H,3-4H2,1-2H3. The van der Waals surface area contributed by atoms with Crippen molar-refractivity contribution in [1.82, 2.24) is 4.98 Å². The van der Waals surface area contributed by atoms with Gasteiger partial charge in [0.1, 0.15) is 5.75 Å². The Balaban J connectivity index is 2.75. The maximum atomic E-state index is 5.47. The van der Waals surface area contributed by atoms with E-state index in [1.54, 1.807) is 6.20 Å². The Kier molecular flexibility index (Phi) is 3.53. The maximum absolute atomic E-state index is 5.47. The van der Waals surface area contributed by atoms with Gasteiger partial charge in [0.25, 0.3) is 0 Å². The van der Waals surface area contributed by atoms with Gasteiger partial charge in [-0.2, -0.15) is 0 Å². The van der Waals surface area contributed by atoms with E-state index in [1.807, 2.05) is 13.0 Å². The number of nitrogens with zero attached hydrogens (tertiary/aromatic N) is 1. The summed E-state index contributed by atoms with van der Waals surface area (Å²) in [6, 6.07) is 1.94. The molecule has 0 aliphatic rings. The molecular formula is C9H12BrNO. The molecule has 0 aliphatic heterocycles. The number of rotatable bonds is 3. The van der Waals surface area contributed by atoms with Crippen molar-refractivity contribution in [2.24, 2.45) is 0 Å². The van der Waals surface area contributed by atoms with E-state index in [-0.39, 0.29) is 0 Å². The van der Waals surface area contributed by atoms with Gasteiger partial charge in [-0.25, -0.2) is 0 Å². The molecule has 0 atom stereocenters. The predicted molar refractivity (Wildman–Crippen MR) is 52.5 cm³/mol. The van der Waals surface area contributed by atoms with E-state index in [0.29, 0.717) is 0 Å². The Bertz CT molecular complexity index is 263. The SMILES string of the molecule is CCCOc1cc(Br)cnc1C. The van der Waals surface area contributed by atoms with Gasteiger partial charge in [0, 0.05) is 10.7 Å². The number of aryl methyl sites for hydroxylation is 1. The first-order valence-electron chi connectivity index (χ1n) is 3.99. The van der Waals surface area contributed by atoms with Crippen LogP contribution >= 0.6 is 15.9 Å². The molecular weight excluding hydrogens is 218 g/mol. The van der Waals surface area contributed by atoms with Gasteiger partial charge in [0.05, 0.1) is 12.3 Å². The van der Waals surface area contributed by atoms with Gasteiger partial charge in [0.2, 0.25) is 0 Å². The van der Waals surface area contributed by atoms with Crippen LogP contribution in [0.15, 0.2) is 16.7 Å². The Morgan fingerprint density at radius 2 is 2.33 bits per heavy atom. The first kappa shape index (κ1) is 9.52. The number of pyridine rings is 1. The number of ether oxygens (including phenoxy) is 1. The quantitative estimate of drug-likeness (QED) is 0.796. The van der Waals surface area contributed by atoms with Crippen molar-refractivity contribution in [2.45, 2.75) is 20.3 Å². The zero-order chi connectivity index (χ0) is 8.97. The summed E-state index contributed by atoms with van der Waals surface area (Å²) in [7, 11) is 0. The summed E-state index contributed by atoms with van der Waals surface area (Å²) in [4.78, 5) is 4.16. The molecule has 1 aromatic heterocycles. The van der Waals surface area contributed by atoms with Gasteiger partial charge < -0.3 is 4.74 Å². The third-order valence-corrected chi connectivity index (χ3v) is 1.90. The molecule has 0 fully saturated rings. The van der Waals surface area contributed by atoms with Crippen LogP contribution < -0.4 is 4.74 Å². The molecule has 0 N–H and O–H groups in total. The number of aromatic nitrogens is 1. The van der Waals surface area contributed by atoms with E-state index in [9.17, 15) is 0 Å². The number of hydrogen-bond donors (Lipinski definition) is 0. The lowest BCUT2D eigenvalue weighted by molar-refractivity contribution is 0.313. The lowest BCUT2D eigenvalue weighted by Gasteiger charge is -2.06. The molecule has 1 rings (SSSR count). The van der Waals surface area contributed by atoms with Gasteiger partial charge in [-0.05, 0) is 35.3 Å². The molecule has 2 nitrogen and oxygen atoms in total. The van der Waals surface area contributed by atoms with E-state index in [0.717, 1.165) is 28.9 Å². The molecule has 0 saturated heterocycles. The zero-order valence-corrected chi connectivity index (χ0v) is 8.89. The predicted octanol–water partition coefficient (Wildman–Crippen LogP) is 2.94. The van der Waals surface area contributed by atoms with Crippen LogP contribution in [0.3, 0.4) is 0 Å². The normalized spacial score (nSPS) is 9.92. The van der Waals surface area contributed by atoms with Crippen LogP contribution in [0.2, 0.25) is 0 Å². The van der Waals surface area contributed by atoms with Crippen molar-refractivity contribution in [1.29, 1.82) is 0 Å². The first-order valence-corrected chi connectivity index (χ1v) is 4.78. The van der Waals surface area contributed by atoms with Crippen LogP contribution in [0.4, 0.5) is 0 Å². The number of halogens is 1. The summed E-state index contributed by atoms with van der Waals surface area (Å²) in [5.41, 5.74) is 0.937. The molecule has 1 aromatic rings. The highest BCUT2D eigenvalue weighted by atomic mass is 79.9. The molecule has 66 valence electrons. The highest BCUT2D eigenvalue weighted by Crippen LogP contribution is 2.20. The van der Waals surface area contributed by atoms with Crippen LogP contribution in [-0.2, 0) is 0 Å². The molecule has 0 saturated carbocycles. The fourth-order valence-electron chi connectivity index (χ4n) is 0.847. The van der Waals surface area contributed by atoms with Gasteiger partial charge >= 0.3 is 0 Å². The number of hydrogen-bond acceptors (Lipinski definition) is 2. The second kappa shape index (κ2) is 4.45. The minimum absolute atomic E-state index is 0.749. The van der Waals surface area contributed by atoms with Gasteiger partial charge in [-0.3, -0.25) is 4.98 Å². The molecule has 1 heterocycles. The lowest BCUT2D eigenvalue weighted by Crippen LogP contribution is -1.97. The first-order chi connectivity index (χ1) is 5.74. The van der Waals surface area contributed by atoms with Crippen molar-refractivity contribution in [3.8, 4) is 5.75 Å². The van der Waals surface area contributed by atoms with Crippen molar-refractivity contribution >= 4 is 15.9 Å². The molecule has 0 aromatic carbocycles. The second-order valence-electron chi connectivity index (χ2n) is 2.59. The molecule has 12 heavy (non-hydrogen) atoms.